The molecule has 8 heteroatoms. The number of alkyl halides is 3. The van der Waals surface area contributed by atoms with Crippen LogP contribution in [0.1, 0.15) is 11.1 Å². The fourth-order valence-corrected chi connectivity index (χ4v) is 1.79. The van der Waals surface area contributed by atoms with Gasteiger partial charge >= 0.3 is 6.18 Å². The van der Waals surface area contributed by atoms with Gasteiger partial charge in [-0.15, -0.1) is 0 Å². The van der Waals surface area contributed by atoms with Crippen LogP contribution in [0.4, 0.5) is 17.6 Å². The highest BCUT2D eigenvalue weighted by molar-refractivity contribution is 5.96. The first-order valence-corrected chi connectivity index (χ1v) is 5.75. The molecular formula is C12H15F4N3O. The first kappa shape index (κ1) is 16.4. The Labute approximate surface area is 113 Å². The molecule has 4 nitrogen and oxygen atoms in total. The van der Waals surface area contributed by atoms with Gasteiger partial charge in [-0.2, -0.15) is 13.2 Å². The van der Waals surface area contributed by atoms with Crippen LogP contribution in [0.2, 0.25) is 0 Å². The van der Waals surface area contributed by atoms with E-state index in [0.717, 1.165) is 17.0 Å². The van der Waals surface area contributed by atoms with Crippen LogP contribution >= 0.6 is 0 Å². The molecule has 0 fully saturated rings. The third-order valence-corrected chi connectivity index (χ3v) is 2.58. The van der Waals surface area contributed by atoms with Crippen molar-refractivity contribution in [1.29, 1.82) is 5.41 Å². The lowest BCUT2D eigenvalue weighted by Gasteiger charge is -2.23. The average Bonchev–Trinajstić information content (AvgIpc) is 2.29. The summed E-state index contributed by atoms with van der Waals surface area (Å²) in [4.78, 5) is 0.958. The van der Waals surface area contributed by atoms with Crippen LogP contribution in [-0.4, -0.2) is 41.7 Å². The van der Waals surface area contributed by atoms with Crippen LogP contribution in [0.25, 0.3) is 0 Å². The molecule has 0 aliphatic heterocycles. The minimum atomic E-state index is -4.41. The van der Waals surface area contributed by atoms with E-state index in [1.807, 2.05) is 0 Å². The molecule has 0 saturated heterocycles. The van der Waals surface area contributed by atoms with Gasteiger partial charge in [0.1, 0.15) is 11.7 Å². The molecule has 1 aromatic carbocycles. The number of nitrogens with one attached hydrogen (secondary N) is 1. The number of benzene rings is 1. The summed E-state index contributed by atoms with van der Waals surface area (Å²) in [5.41, 5.74) is 5.64. The maximum absolute atomic E-state index is 13.1. The zero-order valence-corrected chi connectivity index (χ0v) is 10.5. The monoisotopic (exact) mass is 293 g/mol. The lowest BCUT2D eigenvalue weighted by molar-refractivity contribution is -0.147. The molecule has 1 rings (SSSR count). The van der Waals surface area contributed by atoms with Gasteiger partial charge < -0.3 is 10.8 Å². The fourth-order valence-electron chi connectivity index (χ4n) is 1.79. The van der Waals surface area contributed by atoms with Crippen molar-refractivity contribution in [2.75, 3.05) is 19.7 Å². The SMILES string of the molecule is N=C(N)c1cc(F)ccc1CN(CCO)CC(F)(F)F. The van der Waals surface area contributed by atoms with Gasteiger partial charge in [0.05, 0.1) is 13.2 Å². The van der Waals surface area contributed by atoms with Gasteiger partial charge in [-0.05, 0) is 17.7 Å². The topological polar surface area (TPSA) is 73.3 Å². The Bertz CT molecular complexity index is 476. The van der Waals surface area contributed by atoms with Crippen molar-refractivity contribution in [2.24, 2.45) is 5.73 Å². The van der Waals surface area contributed by atoms with E-state index in [9.17, 15) is 17.6 Å². The van der Waals surface area contributed by atoms with Gasteiger partial charge in [-0.3, -0.25) is 10.3 Å². The van der Waals surface area contributed by atoms with Gasteiger partial charge in [0, 0.05) is 18.7 Å². The van der Waals surface area contributed by atoms with E-state index in [4.69, 9.17) is 16.2 Å². The standard InChI is InChI=1S/C12H15F4N3O/c13-9-2-1-8(10(5-9)11(17)18)6-19(3-4-20)7-12(14,15)16/h1-2,5,20H,3-4,6-7H2,(H3,17,18). The van der Waals surface area contributed by atoms with Crippen molar-refractivity contribution in [3.8, 4) is 0 Å². The van der Waals surface area contributed by atoms with Crippen LogP contribution in [0, 0.1) is 11.2 Å². The molecule has 0 aliphatic carbocycles. The third-order valence-electron chi connectivity index (χ3n) is 2.58. The molecular weight excluding hydrogens is 278 g/mol. The van der Waals surface area contributed by atoms with Crippen LogP contribution in [-0.2, 0) is 6.54 Å². The first-order chi connectivity index (χ1) is 9.23. The van der Waals surface area contributed by atoms with Crippen molar-refractivity contribution in [3.05, 3.63) is 35.1 Å². The lowest BCUT2D eigenvalue weighted by Crippen LogP contribution is -2.36. The number of amidine groups is 1. The molecule has 0 radical (unpaired) electrons. The second-order valence-electron chi connectivity index (χ2n) is 4.26. The number of rotatable bonds is 6. The number of aliphatic hydroxyl groups excluding tert-OH is 1. The molecule has 0 atom stereocenters. The number of nitrogen functional groups attached to an aromatic ring is 1. The van der Waals surface area contributed by atoms with E-state index in [2.05, 4.69) is 0 Å². The third kappa shape index (κ3) is 5.14. The summed E-state index contributed by atoms with van der Waals surface area (Å²) >= 11 is 0. The Morgan fingerprint density at radius 3 is 2.50 bits per heavy atom. The average molecular weight is 293 g/mol. The molecule has 0 aromatic heterocycles. The van der Waals surface area contributed by atoms with Crippen LogP contribution < -0.4 is 5.73 Å². The number of nitrogens with two attached hydrogens (primary N) is 1. The Morgan fingerprint density at radius 1 is 1.35 bits per heavy atom. The van der Waals surface area contributed by atoms with Crippen LogP contribution in [0.3, 0.4) is 0 Å². The molecule has 0 heterocycles. The van der Waals surface area contributed by atoms with E-state index in [1.165, 1.54) is 6.07 Å². The van der Waals surface area contributed by atoms with Gasteiger partial charge in [-0.25, -0.2) is 4.39 Å². The van der Waals surface area contributed by atoms with E-state index >= 15 is 0 Å². The Morgan fingerprint density at radius 2 is 2.00 bits per heavy atom. The molecule has 0 spiro atoms. The van der Waals surface area contributed by atoms with Gasteiger partial charge in [0.25, 0.3) is 0 Å². The van der Waals surface area contributed by atoms with E-state index in [-0.39, 0.29) is 18.7 Å². The van der Waals surface area contributed by atoms with Crippen molar-refractivity contribution in [3.63, 3.8) is 0 Å². The number of hydrogen-bond acceptors (Lipinski definition) is 3. The highest BCUT2D eigenvalue weighted by Crippen LogP contribution is 2.19. The number of hydrogen-bond donors (Lipinski definition) is 3. The predicted octanol–water partition coefficient (Wildman–Crippen LogP) is 1.47. The first-order valence-electron chi connectivity index (χ1n) is 5.75. The Hall–Kier alpha value is -1.67. The summed E-state index contributed by atoms with van der Waals surface area (Å²) in [7, 11) is 0. The predicted molar refractivity (Wildman–Crippen MR) is 65.8 cm³/mol. The molecule has 0 bridgehead atoms. The van der Waals surface area contributed by atoms with Gasteiger partial charge in [0.2, 0.25) is 0 Å². The lowest BCUT2D eigenvalue weighted by atomic mass is 10.1. The minimum absolute atomic E-state index is 0.0510. The fraction of sp³-hybridized carbons (Fsp3) is 0.417. The van der Waals surface area contributed by atoms with Crippen molar-refractivity contribution in [2.45, 2.75) is 12.7 Å². The van der Waals surface area contributed by atoms with E-state index in [1.54, 1.807) is 0 Å². The molecule has 0 saturated carbocycles. The van der Waals surface area contributed by atoms with E-state index < -0.39 is 31.0 Å². The maximum atomic E-state index is 13.1. The summed E-state index contributed by atoms with van der Waals surface area (Å²) in [6.45, 7) is -2.02. The quantitative estimate of drug-likeness (QED) is 0.422. The molecule has 112 valence electrons. The summed E-state index contributed by atoms with van der Waals surface area (Å²) in [6.07, 6.45) is -4.41. The highest BCUT2D eigenvalue weighted by atomic mass is 19.4. The summed E-state index contributed by atoms with van der Waals surface area (Å²) in [5.74, 6) is -1.04. The number of nitrogens with zero attached hydrogens (tertiary/aromatic N) is 1. The second kappa shape index (κ2) is 6.67. The normalized spacial score (nSPS) is 11.9. The largest absolute Gasteiger partial charge is 0.401 e. The summed E-state index contributed by atoms with van der Waals surface area (Å²) < 4.78 is 50.3. The second-order valence-corrected chi connectivity index (χ2v) is 4.26. The summed E-state index contributed by atoms with van der Waals surface area (Å²) in [5, 5.41) is 16.1. The Balaban J connectivity index is 2.96. The highest BCUT2D eigenvalue weighted by Gasteiger charge is 2.30. The van der Waals surface area contributed by atoms with Crippen molar-refractivity contribution in [1.82, 2.24) is 4.90 Å². The Kier molecular flexibility index (Phi) is 5.46. The molecule has 1 aromatic rings. The zero-order chi connectivity index (χ0) is 15.3. The minimum Gasteiger partial charge on any atom is -0.395 e. The van der Waals surface area contributed by atoms with Crippen molar-refractivity contribution >= 4 is 5.84 Å². The molecule has 4 N–H and O–H groups in total. The van der Waals surface area contributed by atoms with Gasteiger partial charge in [-0.1, -0.05) is 6.07 Å². The molecule has 0 aliphatic rings. The maximum Gasteiger partial charge on any atom is 0.401 e. The smallest absolute Gasteiger partial charge is 0.395 e. The molecule has 0 amide bonds. The van der Waals surface area contributed by atoms with Gasteiger partial charge in [0.15, 0.2) is 0 Å². The van der Waals surface area contributed by atoms with Crippen molar-refractivity contribution < 1.29 is 22.7 Å². The van der Waals surface area contributed by atoms with E-state index in [0.29, 0.717) is 5.56 Å². The molecule has 20 heavy (non-hydrogen) atoms. The number of aliphatic hydroxyl groups is 1. The summed E-state index contributed by atoms with van der Waals surface area (Å²) in [6, 6.07) is 3.38. The number of halogens is 4. The molecule has 0 unspecified atom stereocenters. The van der Waals surface area contributed by atoms with Crippen LogP contribution in [0.15, 0.2) is 18.2 Å². The zero-order valence-electron chi connectivity index (χ0n) is 10.5. The van der Waals surface area contributed by atoms with Crippen LogP contribution in [0.5, 0.6) is 0 Å².